The minimum Gasteiger partial charge on any atom is -0.351 e. The topological polar surface area (TPSA) is 88.0 Å². The molecule has 1 aromatic carbocycles. The summed E-state index contributed by atoms with van der Waals surface area (Å²) in [4.78, 5) is 23.9. The number of carbonyl (C=O) groups excluding carboxylic acids is 1. The number of aromatic amines is 1. The van der Waals surface area contributed by atoms with Crippen LogP contribution in [0, 0.1) is 21.7 Å². The highest BCUT2D eigenvalue weighted by Crippen LogP contribution is 2.24. The Kier molecular flexibility index (Phi) is 3.79. The van der Waals surface area contributed by atoms with E-state index < -0.39 is 22.5 Å². The van der Waals surface area contributed by atoms with Gasteiger partial charge in [0.05, 0.1) is 21.3 Å². The van der Waals surface area contributed by atoms with Gasteiger partial charge in [0, 0.05) is 12.1 Å². The first-order chi connectivity index (χ1) is 9.38. The molecule has 0 atom stereocenters. The summed E-state index contributed by atoms with van der Waals surface area (Å²) in [6, 6.07) is 2.65. The fraction of sp³-hybridized carbons (Fsp3) is 0. The van der Waals surface area contributed by atoms with Crippen LogP contribution in [0.3, 0.4) is 0 Å². The summed E-state index contributed by atoms with van der Waals surface area (Å²) in [6.07, 6.45) is 1.02. The number of nitrogens with zero attached hydrogens (tertiary/aromatic N) is 1. The third kappa shape index (κ3) is 2.82. The predicted molar refractivity (Wildman–Crippen MR) is 69.5 cm³/mol. The van der Waals surface area contributed by atoms with Crippen molar-refractivity contribution in [3.8, 4) is 0 Å². The second kappa shape index (κ2) is 5.37. The smallest absolute Gasteiger partial charge is 0.287 e. The van der Waals surface area contributed by atoms with Crippen LogP contribution in [-0.4, -0.2) is 15.8 Å². The van der Waals surface area contributed by atoms with E-state index in [0.29, 0.717) is 0 Å². The quantitative estimate of drug-likeness (QED) is 0.508. The Balaban J connectivity index is 2.23. The highest BCUT2D eigenvalue weighted by atomic mass is 79.9. The molecule has 0 saturated heterocycles. The number of nitro groups is 1. The molecule has 104 valence electrons. The fourth-order valence-electron chi connectivity index (χ4n) is 1.43. The lowest BCUT2D eigenvalue weighted by atomic mass is 10.3. The molecule has 0 unspecified atom stereocenters. The molecule has 2 rings (SSSR count). The third-order valence-corrected chi connectivity index (χ3v) is 2.99. The first-order valence-electron chi connectivity index (χ1n) is 5.17. The lowest BCUT2D eigenvalue weighted by Gasteiger charge is -2.06. The molecule has 20 heavy (non-hydrogen) atoms. The van der Waals surface area contributed by atoms with Gasteiger partial charge in [-0.05, 0) is 22.0 Å². The molecule has 1 amide bonds. The number of aromatic nitrogens is 1. The Morgan fingerprint density at radius 1 is 1.30 bits per heavy atom. The number of benzene rings is 1. The van der Waals surface area contributed by atoms with Gasteiger partial charge in [0.1, 0.15) is 17.3 Å². The van der Waals surface area contributed by atoms with Crippen molar-refractivity contribution in [3.63, 3.8) is 0 Å². The van der Waals surface area contributed by atoms with Gasteiger partial charge in [0.15, 0.2) is 0 Å². The highest BCUT2D eigenvalue weighted by Gasteiger charge is 2.16. The maximum atomic E-state index is 13.5. The fourth-order valence-corrected chi connectivity index (χ4v) is 1.74. The van der Waals surface area contributed by atoms with Crippen molar-refractivity contribution in [1.29, 1.82) is 0 Å². The zero-order valence-corrected chi connectivity index (χ0v) is 11.2. The molecule has 0 aliphatic rings. The van der Waals surface area contributed by atoms with Gasteiger partial charge in [-0.2, -0.15) is 0 Å². The number of hydrogen-bond donors (Lipinski definition) is 2. The van der Waals surface area contributed by atoms with Gasteiger partial charge in [0.25, 0.3) is 11.6 Å². The van der Waals surface area contributed by atoms with Crippen LogP contribution in [0.1, 0.15) is 10.5 Å². The predicted octanol–water partition coefficient (Wildman–Crippen LogP) is 3.22. The van der Waals surface area contributed by atoms with E-state index in [4.69, 9.17) is 0 Å². The first kappa shape index (κ1) is 14.1. The zero-order chi connectivity index (χ0) is 14.9. The molecular weight excluding hydrogens is 340 g/mol. The third-order valence-electron chi connectivity index (χ3n) is 2.38. The van der Waals surface area contributed by atoms with Gasteiger partial charge < -0.3 is 10.3 Å². The van der Waals surface area contributed by atoms with E-state index in [0.717, 1.165) is 24.4 Å². The summed E-state index contributed by atoms with van der Waals surface area (Å²) in [5.74, 6) is -2.41. The number of anilines is 1. The highest BCUT2D eigenvalue weighted by molar-refractivity contribution is 9.10. The summed E-state index contributed by atoms with van der Waals surface area (Å²) >= 11 is 2.80. The average Bonchev–Trinajstić information content (AvgIpc) is 2.85. The normalized spacial score (nSPS) is 10.3. The molecular formula is C11H6BrF2N3O3. The Morgan fingerprint density at radius 2 is 2.00 bits per heavy atom. The number of carbonyl (C=O) groups is 1. The van der Waals surface area contributed by atoms with Crippen LogP contribution >= 0.6 is 15.9 Å². The summed E-state index contributed by atoms with van der Waals surface area (Å²) < 4.78 is 26.7. The van der Waals surface area contributed by atoms with Crippen molar-refractivity contribution in [2.75, 3.05) is 5.32 Å². The molecule has 1 aromatic heterocycles. The largest absolute Gasteiger partial charge is 0.351 e. The minimum absolute atomic E-state index is 0.0801. The minimum atomic E-state index is -0.840. The Bertz CT molecular complexity index is 702. The van der Waals surface area contributed by atoms with Crippen LogP contribution in [0.5, 0.6) is 0 Å². The molecule has 9 heteroatoms. The number of amides is 1. The monoisotopic (exact) mass is 345 g/mol. The molecule has 2 N–H and O–H groups in total. The van der Waals surface area contributed by atoms with Gasteiger partial charge in [-0.3, -0.25) is 14.9 Å². The number of H-pyrrole nitrogens is 1. The summed E-state index contributed by atoms with van der Waals surface area (Å²) in [5.41, 5.74) is -0.815. The molecule has 6 nitrogen and oxygen atoms in total. The molecule has 1 heterocycles. The number of nitrogens with one attached hydrogen (secondary N) is 2. The van der Waals surface area contributed by atoms with Crippen molar-refractivity contribution >= 4 is 33.2 Å². The Hall–Kier alpha value is -2.29. The van der Waals surface area contributed by atoms with Crippen LogP contribution in [0.25, 0.3) is 0 Å². The van der Waals surface area contributed by atoms with E-state index in [1.54, 1.807) is 0 Å². The summed E-state index contributed by atoms with van der Waals surface area (Å²) in [6.45, 7) is 0. The van der Waals surface area contributed by atoms with E-state index in [2.05, 4.69) is 26.2 Å². The van der Waals surface area contributed by atoms with E-state index >= 15 is 0 Å². The van der Waals surface area contributed by atoms with Gasteiger partial charge in [-0.15, -0.1) is 0 Å². The standard InChI is InChI=1S/C11H6BrF2N3O3/c12-6-2-8(14)9(3-7(6)13)16-11(18)10-1-5(4-15-10)17(19)20/h1-4,15H,(H,16,18). The molecule has 0 saturated carbocycles. The van der Waals surface area contributed by atoms with Crippen LogP contribution in [-0.2, 0) is 0 Å². The maximum absolute atomic E-state index is 13.5. The van der Waals surface area contributed by atoms with Gasteiger partial charge in [0.2, 0.25) is 0 Å². The van der Waals surface area contributed by atoms with Crippen molar-refractivity contribution in [2.45, 2.75) is 0 Å². The van der Waals surface area contributed by atoms with Gasteiger partial charge in [-0.25, -0.2) is 8.78 Å². The van der Waals surface area contributed by atoms with E-state index in [1.807, 2.05) is 0 Å². The average molecular weight is 346 g/mol. The van der Waals surface area contributed by atoms with Crippen LogP contribution < -0.4 is 5.32 Å². The maximum Gasteiger partial charge on any atom is 0.287 e. The summed E-state index contributed by atoms with van der Waals surface area (Å²) in [5, 5.41) is 12.6. The lowest BCUT2D eigenvalue weighted by Crippen LogP contribution is -2.13. The van der Waals surface area contributed by atoms with Crippen LogP contribution in [0.15, 0.2) is 28.9 Å². The first-order valence-corrected chi connectivity index (χ1v) is 5.96. The van der Waals surface area contributed by atoms with Crippen molar-refractivity contribution in [1.82, 2.24) is 4.98 Å². The molecule has 2 aromatic rings. The SMILES string of the molecule is O=C(Nc1cc(F)c(Br)cc1F)c1cc([N+](=O)[O-])c[nH]1. The van der Waals surface area contributed by atoms with Crippen molar-refractivity contribution in [2.24, 2.45) is 0 Å². The van der Waals surface area contributed by atoms with Gasteiger partial charge >= 0.3 is 0 Å². The van der Waals surface area contributed by atoms with Gasteiger partial charge in [-0.1, -0.05) is 0 Å². The zero-order valence-electron chi connectivity index (χ0n) is 9.62. The van der Waals surface area contributed by atoms with Crippen molar-refractivity contribution < 1.29 is 18.5 Å². The summed E-state index contributed by atoms with van der Waals surface area (Å²) in [7, 11) is 0. The lowest BCUT2D eigenvalue weighted by molar-refractivity contribution is -0.384. The molecule has 0 aliphatic carbocycles. The van der Waals surface area contributed by atoms with E-state index in [9.17, 15) is 23.7 Å². The number of hydrogen-bond acceptors (Lipinski definition) is 3. The second-order valence-corrected chi connectivity index (χ2v) is 4.58. The van der Waals surface area contributed by atoms with Crippen LogP contribution in [0.2, 0.25) is 0 Å². The molecule has 0 fully saturated rings. The van der Waals surface area contributed by atoms with E-state index in [-0.39, 0.29) is 21.5 Å². The molecule has 0 spiro atoms. The Labute approximate surface area is 119 Å². The number of halogens is 3. The number of rotatable bonds is 3. The molecule has 0 bridgehead atoms. The Morgan fingerprint density at radius 3 is 2.60 bits per heavy atom. The second-order valence-electron chi connectivity index (χ2n) is 3.73. The molecule has 0 radical (unpaired) electrons. The van der Waals surface area contributed by atoms with E-state index in [1.165, 1.54) is 0 Å². The van der Waals surface area contributed by atoms with Crippen LogP contribution in [0.4, 0.5) is 20.2 Å². The molecule has 0 aliphatic heterocycles. The van der Waals surface area contributed by atoms with Crippen molar-refractivity contribution in [3.05, 3.63) is 56.3 Å².